The highest BCUT2D eigenvalue weighted by Gasteiger charge is 2.24. The van der Waals surface area contributed by atoms with Crippen molar-refractivity contribution in [2.24, 2.45) is 0 Å². The molecule has 136 valence electrons. The Morgan fingerprint density at radius 2 is 1.73 bits per heavy atom. The highest BCUT2D eigenvalue weighted by molar-refractivity contribution is 5.75. The summed E-state index contributed by atoms with van der Waals surface area (Å²) in [5.74, 6) is 0. The van der Waals surface area contributed by atoms with Crippen LogP contribution in [0.3, 0.4) is 0 Å². The van der Waals surface area contributed by atoms with Crippen LogP contribution in [0.2, 0.25) is 0 Å². The fourth-order valence-electron chi connectivity index (χ4n) is 4.05. The summed E-state index contributed by atoms with van der Waals surface area (Å²) in [6.07, 6.45) is 2.19. The highest BCUT2D eigenvalue weighted by atomic mass is 16.3. The van der Waals surface area contributed by atoms with E-state index in [4.69, 9.17) is 0 Å². The lowest BCUT2D eigenvalue weighted by Gasteiger charge is -2.33. The van der Waals surface area contributed by atoms with Crippen LogP contribution in [-0.4, -0.2) is 45.3 Å². The molecule has 0 radical (unpaired) electrons. The second kappa shape index (κ2) is 7.48. The van der Waals surface area contributed by atoms with Gasteiger partial charge < -0.3 is 15.0 Å². The molecule has 0 aliphatic carbocycles. The van der Waals surface area contributed by atoms with E-state index in [2.05, 4.69) is 22.0 Å². The molecule has 4 rings (SSSR count). The topological polar surface area (TPSA) is 61.3 Å². The molecule has 5 nitrogen and oxygen atoms in total. The van der Waals surface area contributed by atoms with E-state index in [0.29, 0.717) is 13.0 Å². The lowest BCUT2D eigenvalue weighted by atomic mass is 10.0. The number of rotatable bonds is 5. The quantitative estimate of drug-likeness (QED) is 0.743. The molecule has 2 N–H and O–H groups in total. The van der Waals surface area contributed by atoms with E-state index in [1.807, 2.05) is 47.0 Å². The number of aromatic nitrogens is 2. The van der Waals surface area contributed by atoms with Crippen LogP contribution in [0, 0.1) is 0 Å². The summed E-state index contributed by atoms with van der Waals surface area (Å²) in [4.78, 5) is 17.6. The van der Waals surface area contributed by atoms with Crippen molar-refractivity contribution in [2.75, 3.05) is 19.6 Å². The van der Waals surface area contributed by atoms with E-state index in [0.717, 1.165) is 37.0 Å². The molecular weight excluding hydrogens is 326 g/mol. The highest BCUT2D eigenvalue weighted by Crippen LogP contribution is 2.25. The van der Waals surface area contributed by atoms with E-state index < -0.39 is 0 Å². The third kappa shape index (κ3) is 3.59. The number of hydrogen-bond donors (Lipinski definition) is 2. The van der Waals surface area contributed by atoms with Crippen molar-refractivity contribution < 1.29 is 5.11 Å². The van der Waals surface area contributed by atoms with E-state index in [-0.39, 0.29) is 17.8 Å². The smallest absolute Gasteiger partial charge is 0.326 e. The van der Waals surface area contributed by atoms with Crippen molar-refractivity contribution in [2.45, 2.75) is 31.4 Å². The number of para-hydroxylation sites is 2. The molecule has 0 spiro atoms. The number of nitrogens with one attached hydrogen (secondary N) is 1. The van der Waals surface area contributed by atoms with Crippen molar-refractivity contribution in [3.63, 3.8) is 0 Å². The molecule has 1 fully saturated rings. The minimum atomic E-state index is -0.357. The van der Waals surface area contributed by atoms with Crippen molar-refractivity contribution in [3.8, 4) is 0 Å². The van der Waals surface area contributed by atoms with E-state index in [9.17, 15) is 9.90 Å². The zero-order valence-electron chi connectivity index (χ0n) is 14.8. The van der Waals surface area contributed by atoms with Crippen LogP contribution < -0.4 is 5.69 Å². The number of piperidine rings is 1. The largest absolute Gasteiger partial charge is 0.391 e. The van der Waals surface area contributed by atoms with Crippen molar-refractivity contribution in [1.29, 1.82) is 0 Å². The number of H-pyrrole nitrogens is 1. The summed E-state index contributed by atoms with van der Waals surface area (Å²) in [5.41, 5.74) is 3.03. The number of imidazole rings is 1. The number of aliphatic hydroxyl groups is 1. The molecule has 1 unspecified atom stereocenters. The Balaban J connectivity index is 1.36. The number of nitrogens with zero attached hydrogens (tertiary/aromatic N) is 2. The van der Waals surface area contributed by atoms with Gasteiger partial charge in [0.25, 0.3) is 0 Å². The van der Waals surface area contributed by atoms with Gasteiger partial charge in [-0.1, -0.05) is 42.5 Å². The first-order chi connectivity index (χ1) is 12.7. The lowest BCUT2D eigenvalue weighted by Crippen LogP contribution is -2.41. The average molecular weight is 351 g/mol. The number of hydrogen-bond acceptors (Lipinski definition) is 3. The molecule has 2 aromatic carbocycles. The van der Waals surface area contributed by atoms with Gasteiger partial charge in [-0.25, -0.2) is 4.79 Å². The van der Waals surface area contributed by atoms with Gasteiger partial charge in [-0.15, -0.1) is 0 Å². The molecule has 1 aromatic heterocycles. The van der Waals surface area contributed by atoms with Gasteiger partial charge >= 0.3 is 5.69 Å². The number of benzene rings is 2. The third-order valence-corrected chi connectivity index (χ3v) is 5.33. The normalized spacial score (nSPS) is 17.6. The summed E-state index contributed by atoms with van der Waals surface area (Å²) in [7, 11) is 0. The fraction of sp³-hybridized carbons (Fsp3) is 0.381. The van der Waals surface area contributed by atoms with Crippen LogP contribution in [0.1, 0.15) is 24.4 Å². The zero-order chi connectivity index (χ0) is 17.9. The van der Waals surface area contributed by atoms with Crippen molar-refractivity contribution >= 4 is 11.0 Å². The van der Waals surface area contributed by atoms with E-state index in [1.54, 1.807) is 0 Å². The summed E-state index contributed by atoms with van der Waals surface area (Å²) >= 11 is 0. The van der Waals surface area contributed by atoms with Gasteiger partial charge in [-0.05, 0) is 37.0 Å². The molecule has 0 amide bonds. The Hall–Kier alpha value is -2.37. The second-order valence-electron chi connectivity index (χ2n) is 7.19. The van der Waals surface area contributed by atoms with Crippen LogP contribution in [-0.2, 0) is 6.42 Å². The average Bonchev–Trinajstić information content (AvgIpc) is 2.99. The molecular formula is C21H25N3O2. The Kier molecular flexibility index (Phi) is 4.91. The van der Waals surface area contributed by atoms with Gasteiger partial charge in [0, 0.05) is 25.7 Å². The first-order valence-electron chi connectivity index (χ1n) is 9.34. The molecule has 1 aliphatic rings. The summed E-state index contributed by atoms with van der Waals surface area (Å²) in [6, 6.07) is 18.2. The number of likely N-dealkylation sites (tertiary alicyclic amines) is 1. The molecule has 5 heteroatoms. The van der Waals surface area contributed by atoms with Crippen LogP contribution in [0.25, 0.3) is 11.0 Å². The van der Waals surface area contributed by atoms with Crippen LogP contribution in [0.4, 0.5) is 0 Å². The van der Waals surface area contributed by atoms with Crippen LogP contribution >= 0.6 is 0 Å². The molecule has 0 bridgehead atoms. The third-order valence-electron chi connectivity index (χ3n) is 5.33. The van der Waals surface area contributed by atoms with Gasteiger partial charge in [0.2, 0.25) is 0 Å². The van der Waals surface area contributed by atoms with Gasteiger partial charge in [-0.3, -0.25) is 4.57 Å². The maximum absolute atomic E-state index is 12.4. The number of aliphatic hydroxyl groups excluding tert-OH is 1. The Labute approximate surface area is 152 Å². The van der Waals surface area contributed by atoms with Crippen molar-refractivity contribution in [3.05, 3.63) is 70.6 Å². The predicted octanol–water partition coefficient (Wildman–Crippen LogP) is 2.57. The SMILES string of the molecule is O=c1[nH]c2ccccc2n1C1CCN(CC(O)Cc2ccccc2)CC1. The van der Waals surface area contributed by atoms with E-state index >= 15 is 0 Å². The molecule has 0 saturated carbocycles. The summed E-state index contributed by atoms with van der Waals surface area (Å²) in [5, 5.41) is 10.4. The summed E-state index contributed by atoms with van der Waals surface area (Å²) < 4.78 is 1.91. The van der Waals surface area contributed by atoms with E-state index in [1.165, 1.54) is 5.56 Å². The molecule has 3 aromatic rings. The molecule has 26 heavy (non-hydrogen) atoms. The first kappa shape index (κ1) is 17.1. The van der Waals surface area contributed by atoms with Gasteiger partial charge in [0.1, 0.15) is 0 Å². The number of aromatic amines is 1. The zero-order valence-corrected chi connectivity index (χ0v) is 14.8. The van der Waals surface area contributed by atoms with Gasteiger partial charge in [0.15, 0.2) is 0 Å². The molecule has 1 saturated heterocycles. The minimum absolute atomic E-state index is 0.0197. The second-order valence-corrected chi connectivity index (χ2v) is 7.19. The van der Waals surface area contributed by atoms with Crippen LogP contribution in [0.5, 0.6) is 0 Å². The number of β-amino-alcohol motifs (C(OH)–C–C–N with tert-alkyl or cyclic N) is 1. The Morgan fingerprint density at radius 1 is 1.04 bits per heavy atom. The monoisotopic (exact) mass is 351 g/mol. The standard InChI is InChI=1S/C21H25N3O2/c25-18(14-16-6-2-1-3-7-16)15-23-12-10-17(11-13-23)24-20-9-5-4-8-19(20)22-21(24)26/h1-9,17-18,25H,10-15H2,(H,22,26). The molecule has 2 heterocycles. The minimum Gasteiger partial charge on any atom is -0.391 e. The maximum Gasteiger partial charge on any atom is 0.326 e. The summed E-state index contributed by atoms with van der Waals surface area (Å²) in [6.45, 7) is 2.50. The lowest BCUT2D eigenvalue weighted by molar-refractivity contribution is 0.0907. The van der Waals surface area contributed by atoms with Crippen molar-refractivity contribution in [1.82, 2.24) is 14.5 Å². The number of fused-ring (bicyclic) bond motifs is 1. The first-order valence-corrected chi connectivity index (χ1v) is 9.34. The maximum atomic E-state index is 12.4. The molecule has 1 atom stereocenters. The van der Waals surface area contributed by atoms with Crippen LogP contribution in [0.15, 0.2) is 59.4 Å². The van der Waals surface area contributed by atoms with Gasteiger partial charge in [-0.2, -0.15) is 0 Å². The molecule has 1 aliphatic heterocycles. The fourth-order valence-corrected chi connectivity index (χ4v) is 4.05. The predicted molar refractivity (Wildman–Crippen MR) is 103 cm³/mol. The van der Waals surface area contributed by atoms with Gasteiger partial charge in [0.05, 0.1) is 17.1 Å². The Morgan fingerprint density at radius 3 is 2.50 bits per heavy atom. The Bertz CT molecular complexity index is 908.